The van der Waals surface area contributed by atoms with Gasteiger partial charge in [-0.1, -0.05) is 0 Å². The molecule has 1 atom stereocenters. The van der Waals surface area contributed by atoms with Crippen molar-refractivity contribution in [3.05, 3.63) is 16.3 Å². The van der Waals surface area contributed by atoms with Gasteiger partial charge >= 0.3 is 0 Å². The smallest absolute Gasteiger partial charge is 0.243 e. The maximum Gasteiger partial charge on any atom is 0.243 e. The molecule has 1 saturated heterocycles. The van der Waals surface area contributed by atoms with E-state index in [1.54, 1.807) is 18.5 Å². The van der Waals surface area contributed by atoms with Gasteiger partial charge in [-0.3, -0.25) is 0 Å². The minimum Gasteiger partial charge on any atom is -0.377 e. The van der Waals surface area contributed by atoms with Crippen molar-refractivity contribution in [3.63, 3.8) is 0 Å². The van der Waals surface area contributed by atoms with Crippen LogP contribution in [-0.2, 0) is 21.3 Å². The molecule has 1 N–H and O–H groups in total. The molecular formula is C12H20N2O3S2. The first-order valence-corrected chi connectivity index (χ1v) is 8.66. The Kier molecular flexibility index (Phi) is 4.97. The zero-order valence-corrected chi connectivity index (χ0v) is 12.9. The highest BCUT2D eigenvalue weighted by atomic mass is 32.2. The van der Waals surface area contributed by atoms with E-state index >= 15 is 0 Å². The molecule has 1 unspecified atom stereocenters. The molecule has 0 bridgehead atoms. The normalized spacial score (nSPS) is 20.3. The first-order valence-electron chi connectivity index (χ1n) is 6.34. The maximum absolute atomic E-state index is 12.4. The van der Waals surface area contributed by atoms with Crippen LogP contribution in [0.4, 0.5) is 0 Å². The van der Waals surface area contributed by atoms with E-state index < -0.39 is 10.0 Å². The number of nitrogens with zero attached hydrogens (tertiary/aromatic N) is 1. The van der Waals surface area contributed by atoms with E-state index in [2.05, 4.69) is 5.32 Å². The van der Waals surface area contributed by atoms with E-state index in [9.17, 15) is 8.42 Å². The van der Waals surface area contributed by atoms with Gasteiger partial charge in [0.05, 0.1) is 11.0 Å². The molecule has 108 valence electrons. The van der Waals surface area contributed by atoms with E-state index in [-0.39, 0.29) is 6.10 Å². The molecule has 0 aliphatic carbocycles. The quantitative estimate of drug-likeness (QED) is 0.860. The Morgan fingerprint density at radius 3 is 3.00 bits per heavy atom. The number of hydrogen-bond donors (Lipinski definition) is 1. The summed E-state index contributed by atoms with van der Waals surface area (Å²) < 4.78 is 31.7. The molecule has 0 saturated carbocycles. The molecule has 1 aromatic heterocycles. The van der Waals surface area contributed by atoms with Gasteiger partial charge in [0.2, 0.25) is 10.0 Å². The minimum atomic E-state index is -3.39. The molecule has 0 amide bonds. The summed E-state index contributed by atoms with van der Waals surface area (Å²) in [6.07, 6.45) is 1.99. The summed E-state index contributed by atoms with van der Waals surface area (Å²) in [6.45, 7) is 1.86. The fraction of sp³-hybridized carbons (Fsp3) is 0.667. The molecule has 19 heavy (non-hydrogen) atoms. The van der Waals surface area contributed by atoms with Crippen LogP contribution in [0.3, 0.4) is 0 Å². The van der Waals surface area contributed by atoms with Gasteiger partial charge in [0.25, 0.3) is 0 Å². The fourth-order valence-corrected chi connectivity index (χ4v) is 4.59. The van der Waals surface area contributed by atoms with Crippen LogP contribution in [0.25, 0.3) is 0 Å². The molecule has 5 nitrogen and oxygen atoms in total. The number of rotatable bonds is 6. The summed E-state index contributed by atoms with van der Waals surface area (Å²) in [5.41, 5.74) is 0. The molecule has 1 aliphatic heterocycles. The van der Waals surface area contributed by atoms with Crippen molar-refractivity contribution in [2.75, 3.05) is 27.2 Å². The maximum atomic E-state index is 12.4. The lowest BCUT2D eigenvalue weighted by molar-refractivity contribution is 0.0979. The highest BCUT2D eigenvalue weighted by Gasteiger charge is 2.26. The number of nitrogens with one attached hydrogen (secondary N) is 1. The van der Waals surface area contributed by atoms with Crippen molar-refractivity contribution >= 4 is 21.4 Å². The Hall–Kier alpha value is -0.470. The predicted molar refractivity (Wildman–Crippen MR) is 75.9 cm³/mol. The van der Waals surface area contributed by atoms with Crippen LogP contribution >= 0.6 is 11.3 Å². The summed E-state index contributed by atoms with van der Waals surface area (Å²) in [5, 5.41) is 4.72. The summed E-state index contributed by atoms with van der Waals surface area (Å²) in [5.74, 6) is 0. The minimum absolute atomic E-state index is 0.0372. The molecule has 2 rings (SSSR count). The van der Waals surface area contributed by atoms with Gasteiger partial charge in [-0.15, -0.1) is 11.3 Å². The van der Waals surface area contributed by atoms with Crippen LogP contribution in [0.1, 0.15) is 17.7 Å². The van der Waals surface area contributed by atoms with Gasteiger partial charge < -0.3 is 10.1 Å². The highest BCUT2D eigenvalue weighted by Crippen LogP contribution is 2.23. The second-order valence-corrected chi connectivity index (χ2v) is 7.74. The van der Waals surface area contributed by atoms with Crippen LogP contribution in [0.5, 0.6) is 0 Å². The van der Waals surface area contributed by atoms with Gasteiger partial charge in [0.15, 0.2) is 0 Å². The lowest BCUT2D eigenvalue weighted by atomic mass is 10.2. The second-order valence-electron chi connectivity index (χ2n) is 4.70. The first kappa shape index (κ1) is 14.9. The molecule has 1 aromatic rings. The third kappa shape index (κ3) is 3.55. The van der Waals surface area contributed by atoms with Gasteiger partial charge in [0, 0.05) is 37.0 Å². The average Bonchev–Trinajstić information content (AvgIpc) is 3.00. The monoisotopic (exact) mass is 304 g/mol. The van der Waals surface area contributed by atoms with E-state index in [1.807, 2.05) is 7.05 Å². The summed E-state index contributed by atoms with van der Waals surface area (Å²) in [4.78, 5) is 1.40. The van der Waals surface area contributed by atoms with E-state index in [0.717, 1.165) is 24.3 Å². The van der Waals surface area contributed by atoms with Gasteiger partial charge in [-0.05, 0) is 26.0 Å². The number of ether oxygens (including phenoxy) is 1. The Balaban J connectivity index is 2.06. The van der Waals surface area contributed by atoms with Crippen LogP contribution in [-0.4, -0.2) is 46.1 Å². The lowest BCUT2D eigenvalue weighted by Gasteiger charge is -2.19. The predicted octanol–water partition coefficient (Wildman–Crippen LogP) is 1.27. The van der Waals surface area contributed by atoms with Crippen molar-refractivity contribution in [2.24, 2.45) is 0 Å². The first-order chi connectivity index (χ1) is 9.04. The molecule has 1 aliphatic rings. The van der Waals surface area contributed by atoms with Crippen molar-refractivity contribution in [1.82, 2.24) is 9.62 Å². The van der Waals surface area contributed by atoms with Crippen LogP contribution in [0.15, 0.2) is 16.3 Å². The Morgan fingerprint density at radius 1 is 1.58 bits per heavy atom. The Morgan fingerprint density at radius 2 is 2.37 bits per heavy atom. The van der Waals surface area contributed by atoms with Gasteiger partial charge in [-0.2, -0.15) is 4.31 Å². The lowest BCUT2D eigenvalue weighted by Crippen LogP contribution is -2.33. The largest absolute Gasteiger partial charge is 0.377 e. The zero-order valence-electron chi connectivity index (χ0n) is 11.3. The molecule has 1 fully saturated rings. The highest BCUT2D eigenvalue weighted by molar-refractivity contribution is 7.89. The topological polar surface area (TPSA) is 58.6 Å². The Bertz CT molecular complexity index is 507. The summed E-state index contributed by atoms with van der Waals surface area (Å²) in [7, 11) is 0.0742. The van der Waals surface area contributed by atoms with Crippen LogP contribution < -0.4 is 5.32 Å². The molecule has 2 heterocycles. The molecule has 7 heteroatoms. The third-order valence-electron chi connectivity index (χ3n) is 3.17. The standard InChI is InChI=1S/C12H20N2O3S2/c1-13-7-11-6-12(9-18-11)19(15,16)14(2)8-10-4-3-5-17-10/h6,9-10,13H,3-5,7-8H2,1-2H3. The SMILES string of the molecule is CNCc1cc(S(=O)(=O)N(C)CC2CCCO2)cs1. The van der Waals surface area contributed by atoms with Crippen molar-refractivity contribution in [2.45, 2.75) is 30.4 Å². The summed E-state index contributed by atoms with van der Waals surface area (Å²) >= 11 is 1.46. The van der Waals surface area contributed by atoms with Crippen molar-refractivity contribution < 1.29 is 13.2 Å². The third-order valence-corrected chi connectivity index (χ3v) is 6.06. The zero-order chi connectivity index (χ0) is 13.9. The number of thiophene rings is 1. The van der Waals surface area contributed by atoms with Gasteiger partial charge in [0.1, 0.15) is 0 Å². The Labute approximate surface area is 118 Å². The van der Waals surface area contributed by atoms with Gasteiger partial charge in [-0.25, -0.2) is 8.42 Å². The number of hydrogen-bond acceptors (Lipinski definition) is 5. The van der Waals surface area contributed by atoms with E-state index in [4.69, 9.17) is 4.74 Å². The number of likely N-dealkylation sites (N-methyl/N-ethyl adjacent to an activating group) is 1. The van der Waals surface area contributed by atoms with Crippen molar-refractivity contribution in [1.29, 1.82) is 0 Å². The molecular weight excluding hydrogens is 284 g/mol. The molecule has 0 spiro atoms. The second kappa shape index (κ2) is 6.32. The summed E-state index contributed by atoms with van der Waals surface area (Å²) in [6, 6.07) is 1.74. The number of sulfonamides is 1. The molecule has 0 radical (unpaired) electrons. The fourth-order valence-electron chi connectivity index (χ4n) is 2.12. The van der Waals surface area contributed by atoms with Crippen molar-refractivity contribution in [3.8, 4) is 0 Å². The molecule has 0 aromatic carbocycles. The van der Waals surface area contributed by atoms with Crippen LogP contribution in [0.2, 0.25) is 0 Å². The van der Waals surface area contributed by atoms with E-state index in [1.165, 1.54) is 15.6 Å². The van der Waals surface area contributed by atoms with Crippen LogP contribution in [0, 0.1) is 0 Å². The average molecular weight is 304 g/mol. The van der Waals surface area contributed by atoms with E-state index in [0.29, 0.717) is 18.0 Å².